The average molecular weight is 317 g/mol. The molecule has 0 bridgehead atoms. The summed E-state index contributed by atoms with van der Waals surface area (Å²) in [5.41, 5.74) is -0.0236. The van der Waals surface area contributed by atoms with Crippen molar-refractivity contribution < 1.29 is 18.5 Å². The maximum Gasteiger partial charge on any atom is 0.257 e. The lowest BCUT2D eigenvalue weighted by Crippen LogP contribution is -2.40. The molecular formula is C16H16FN3O3. The zero-order chi connectivity index (χ0) is 16.4. The first-order chi connectivity index (χ1) is 11.0. The predicted octanol–water partition coefficient (Wildman–Crippen LogP) is 2.37. The minimum atomic E-state index is -0.587. The SMILES string of the molecule is Cc1cc(NC(=O)CN(C(=O)c2ccccc2F)C2CC2)no1. The van der Waals surface area contributed by atoms with E-state index >= 15 is 0 Å². The third kappa shape index (κ3) is 3.56. The van der Waals surface area contributed by atoms with Gasteiger partial charge >= 0.3 is 0 Å². The normalized spacial score (nSPS) is 13.7. The highest BCUT2D eigenvalue weighted by Crippen LogP contribution is 2.28. The average Bonchev–Trinajstić information content (AvgIpc) is 3.28. The number of hydrogen-bond acceptors (Lipinski definition) is 4. The van der Waals surface area contributed by atoms with Crippen molar-refractivity contribution in [2.75, 3.05) is 11.9 Å². The summed E-state index contributed by atoms with van der Waals surface area (Å²) in [5, 5.41) is 6.24. The Morgan fingerprint density at radius 2 is 2.13 bits per heavy atom. The van der Waals surface area contributed by atoms with Crippen LogP contribution in [-0.4, -0.2) is 34.5 Å². The van der Waals surface area contributed by atoms with Crippen molar-refractivity contribution in [1.29, 1.82) is 0 Å². The van der Waals surface area contributed by atoms with Gasteiger partial charge in [-0.3, -0.25) is 9.59 Å². The van der Waals surface area contributed by atoms with Crippen LogP contribution in [0.1, 0.15) is 29.0 Å². The van der Waals surface area contributed by atoms with Crippen LogP contribution in [0, 0.1) is 12.7 Å². The van der Waals surface area contributed by atoms with Crippen LogP contribution in [-0.2, 0) is 4.79 Å². The van der Waals surface area contributed by atoms with Crippen LogP contribution in [0.3, 0.4) is 0 Å². The number of carbonyl (C=O) groups is 2. The van der Waals surface area contributed by atoms with Crippen LogP contribution in [0.4, 0.5) is 10.2 Å². The highest BCUT2D eigenvalue weighted by molar-refractivity contribution is 5.99. The monoisotopic (exact) mass is 317 g/mol. The molecule has 0 saturated heterocycles. The molecule has 0 aliphatic heterocycles. The fraction of sp³-hybridized carbons (Fsp3) is 0.312. The molecule has 7 heteroatoms. The molecule has 1 aromatic heterocycles. The molecule has 1 N–H and O–H groups in total. The number of carbonyl (C=O) groups excluding carboxylic acids is 2. The Kier molecular flexibility index (Phi) is 4.10. The molecule has 0 atom stereocenters. The van der Waals surface area contributed by atoms with Gasteiger partial charge in [0.15, 0.2) is 5.82 Å². The highest BCUT2D eigenvalue weighted by atomic mass is 19.1. The van der Waals surface area contributed by atoms with Gasteiger partial charge in [-0.1, -0.05) is 17.3 Å². The van der Waals surface area contributed by atoms with Gasteiger partial charge < -0.3 is 14.7 Å². The summed E-state index contributed by atoms with van der Waals surface area (Å²) in [4.78, 5) is 26.0. The molecule has 2 amide bonds. The van der Waals surface area contributed by atoms with E-state index in [1.54, 1.807) is 19.1 Å². The lowest BCUT2D eigenvalue weighted by atomic mass is 10.2. The number of aromatic nitrogens is 1. The third-order valence-corrected chi connectivity index (χ3v) is 3.56. The standard InChI is InChI=1S/C16H16FN3O3/c1-10-8-14(19-23-10)18-15(21)9-20(11-6-7-11)16(22)12-4-2-3-5-13(12)17/h2-5,8,11H,6-7,9H2,1H3,(H,18,19,21). The summed E-state index contributed by atoms with van der Waals surface area (Å²) in [6.07, 6.45) is 1.63. The van der Waals surface area contributed by atoms with E-state index in [9.17, 15) is 14.0 Å². The third-order valence-electron chi connectivity index (χ3n) is 3.56. The summed E-state index contributed by atoms with van der Waals surface area (Å²) in [5.74, 6) is -0.592. The first-order valence-corrected chi connectivity index (χ1v) is 7.33. The summed E-state index contributed by atoms with van der Waals surface area (Å²) in [6, 6.07) is 7.33. The molecule has 0 unspecified atom stereocenters. The van der Waals surface area contributed by atoms with Crippen LogP contribution in [0.25, 0.3) is 0 Å². The van der Waals surface area contributed by atoms with Gasteiger partial charge in [-0.25, -0.2) is 4.39 Å². The number of nitrogens with zero attached hydrogens (tertiary/aromatic N) is 2. The molecule has 1 saturated carbocycles. The van der Waals surface area contributed by atoms with Crippen LogP contribution in [0.15, 0.2) is 34.9 Å². The van der Waals surface area contributed by atoms with Crippen LogP contribution in [0.5, 0.6) is 0 Å². The Hall–Kier alpha value is -2.70. The molecule has 2 aromatic rings. The van der Waals surface area contributed by atoms with E-state index < -0.39 is 17.6 Å². The Morgan fingerprint density at radius 1 is 1.39 bits per heavy atom. The van der Waals surface area contributed by atoms with Gasteiger partial charge in [0.2, 0.25) is 5.91 Å². The molecule has 0 radical (unpaired) electrons. The van der Waals surface area contributed by atoms with E-state index in [1.807, 2.05) is 0 Å². The topological polar surface area (TPSA) is 75.4 Å². The van der Waals surface area contributed by atoms with E-state index in [2.05, 4.69) is 10.5 Å². The lowest BCUT2D eigenvalue weighted by molar-refractivity contribution is -0.117. The number of aryl methyl sites for hydroxylation is 1. The summed E-state index contributed by atoms with van der Waals surface area (Å²) in [6.45, 7) is 1.56. The van der Waals surface area contributed by atoms with Gasteiger partial charge in [-0.05, 0) is 31.9 Å². The Morgan fingerprint density at radius 3 is 2.74 bits per heavy atom. The fourth-order valence-electron chi connectivity index (χ4n) is 2.30. The van der Waals surface area contributed by atoms with Gasteiger partial charge in [0.1, 0.15) is 18.1 Å². The van der Waals surface area contributed by atoms with Crippen LogP contribution < -0.4 is 5.32 Å². The second-order valence-electron chi connectivity index (χ2n) is 5.52. The molecule has 3 rings (SSSR count). The summed E-state index contributed by atoms with van der Waals surface area (Å²) in [7, 11) is 0. The molecular weight excluding hydrogens is 301 g/mol. The quantitative estimate of drug-likeness (QED) is 0.918. The van der Waals surface area contributed by atoms with E-state index in [0.29, 0.717) is 11.6 Å². The molecule has 1 aliphatic carbocycles. The minimum absolute atomic E-state index is 0.0214. The fourth-order valence-corrected chi connectivity index (χ4v) is 2.30. The smallest absolute Gasteiger partial charge is 0.257 e. The zero-order valence-corrected chi connectivity index (χ0v) is 12.6. The lowest BCUT2D eigenvalue weighted by Gasteiger charge is -2.21. The van der Waals surface area contributed by atoms with Crippen molar-refractivity contribution >= 4 is 17.6 Å². The van der Waals surface area contributed by atoms with Crippen molar-refractivity contribution in [2.24, 2.45) is 0 Å². The Balaban J connectivity index is 1.71. The molecule has 1 fully saturated rings. The summed E-state index contributed by atoms with van der Waals surface area (Å²) < 4.78 is 18.7. The predicted molar refractivity (Wildman–Crippen MR) is 80.3 cm³/mol. The van der Waals surface area contributed by atoms with Crippen LogP contribution >= 0.6 is 0 Å². The van der Waals surface area contributed by atoms with Gasteiger partial charge in [-0.2, -0.15) is 0 Å². The van der Waals surface area contributed by atoms with Crippen molar-refractivity contribution in [3.05, 3.63) is 47.5 Å². The minimum Gasteiger partial charge on any atom is -0.360 e. The first-order valence-electron chi connectivity index (χ1n) is 7.33. The number of nitrogens with one attached hydrogen (secondary N) is 1. The number of anilines is 1. The van der Waals surface area contributed by atoms with Gasteiger partial charge in [0, 0.05) is 12.1 Å². The van der Waals surface area contributed by atoms with Crippen molar-refractivity contribution in [3.8, 4) is 0 Å². The molecule has 120 valence electrons. The second kappa shape index (κ2) is 6.20. The molecule has 6 nitrogen and oxygen atoms in total. The number of benzene rings is 1. The zero-order valence-electron chi connectivity index (χ0n) is 12.6. The largest absolute Gasteiger partial charge is 0.360 e. The maximum absolute atomic E-state index is 13.8. The Bertz CT molecular complexity index is 740. The molecule has 1 heterocycles. The molecule has 1 aromatic carbocycles. The van der Waals surface area contributed by atoms with E-state index in [0.717, 1.165) is 12.8 Å². The second-order valence-corrected chi connectivity index (χ2v) is 5.52. The highest BCUT2D eigenvalue weighted by Gasteiger charge is 2.35. The number of hydrogen-bond donors (Lipinski definition) is 1. The van der Waals surface area contributed by atoms with E-state index in [4.69, 9.17) is 4.52 Å². The van der Waals surface area contributed by atoms with Crippen LogP contribution in [0.2, 0.25) is 0 Å². The van der Waals surface area contributed by atoms with Gasteiger partial charge in [-0.15, -0.1) is 0 Å². The van der Waals surface area contributed by atoms with Gasteiger partial charge in [0.05, 0.1) is 5.56 Å². The molecule has 1 aliphatic rings. The Labute approximate surface area is 132 Å². The van der Waals surface area contributed by atoms with Crippen molar-refractivity contribution in [3.63, 3.8) is 0 Å². The van der Waals surface area contributed by atoms with Gasteiger partial charge in [0.25, 0.3) is 5.91 Å². The number of halogens is 1. The molecule has 23 heavy (non-hydrogen) atoms. The summed E-state index contributed by atoms with van der Waals surface area (Å²) >= 11 is 0. The maximum atomic E-state index is 13.8. The van der Waals surface area contributed by atoms with E-state index in [-0.39, 0.29) is 18.2 Å². The van der Waals surface area contributed by atoms with Crippen molar-refractivity contribution in [2.45, 2.75) is 25.8 Å². The number of amides is 2. The van der Waals surface area contributed by atoms with Crippen molar-refractivity contribution in [1.82, 2.24) is 10.1 Å². The van der Waals surface area contributed by atoms with E-state index in [1.165, 1.54) is 23.1 Å². The number of rotatable bonds is 5. The first kappa shape index (κ1) is 15.2. The molecule has 0 spiro atoms.